The summed E-state index contributed by atoms with van der Waals surface area (Å²) in [6, 6.07) is 8.99. The van der Waals surface area contributed by atoms with Crippen LogP contribution in [0.1, 0.15) is 24.1 Å². The van der Waals surface area contributed by atoms with Crippen molar-refractivity contribution in [1.29, 1.82) is 0 Å². The molecule has 0 saturated heterocycles. The molecule has 1 atom stereocenters. The zero-order valence-corrected chi connectivity index (χ0v) is 13.1. The van der Waals surface area contributed by atoms with Gasteiger partial charge in [0.05, 0.1) is 10.5 Å². The van der Waals surface area contributed by atoms with Gasteiger partial charge in [0.15, 0.2) is 0 Å². The maximum atomic E-state index is 14.3. The molecule has 0 radical (unpaired) electrons. The van der Waals surface area contributed by atoms with Gasteiger partial charge in [-0.25, -0.2) is 8.78 Å². The van der Waals surface area contributed by atoms with E-state index >= 15 is 0 Å². The van der Waals surface area contributed by atoms with Crippen molar-refractivity contribution in [3.63, 3.8) is 0 Å². The zero-order valence-electron chi connectivity index (χ0n) is 10.8. The second-order valence-corrected chi connectivity index (χ2v) is 5.53. The van der Waals surface area contributed by atoms with Crippen molar-refractivity contribution in [1.82, 2.24) is 5.32 Å². The fourth-order valence-corrected chi connectivity index (χ4v) is 2.68. The quantitative estimate of drug-likeness (QED) is 0.750. The van der Waals surface area contributed by atoms with E-state index in [9.17, 15) is 8.78 Å². The standard InChI is InChI=1S/C15H13BrClF2N/c1-2-20-15(9-5-3-4-6-11(9)17)13-12(18)8-7-10(16)14(13)19/h3-8,15,20H,2H2,1H3. The van der Waals surface area contributed by atoms with Gasteiger partial charge in [0.2, 0.25) is 0 Å². The van der Waals surface area contributed by atoms with Crippen LogP contribution in [-0.2, 0) is 0 Å². The summed E-state index contributed by atoms with van der Waals surface area (Å²) in [5, 5.41) is 3.55. The van der Waals surface area contributed by atoms with Gasteiger partial charge in [-0.1, -0.05) is 36.7 Å². The summed E-state index contributed by atoms with van der Waals surface area (Å²) in [6.07, 6.45) is 0. The summed E-state index contributed by atoms with van der Waals surface area (Å²) < 4.78 is 28.6. The molecule has 20 heavy (non-hydrogen) atoms. The minimum atomic E-state index is -0.633. The van der Waals surface area contributed by atoms with Crippen LogP contribution in [-0.4, -0.2) is 6.54 Å². The molecule has 0 aliphatic carbocycles. The van der Waals surface area contributed by atoms with E-state index in [0.717, 1.165) is 0 Å². The molecular formula is C15H13BrClF2N. The highest BCUT2D eigenvalue weighted by Crippen LogP contribution is 2.33. The van der Waals surface area contributed by atoms with Crippen LogP contribution in [0.25, 0.3) is 0 Å². The number of hydrogen-bond acceptors (Lipinski definition) is 1. The van der Waals surface area contributed by atoms with Gasteiger partial charge >= 0.3 is 0 Å². The zero-order chi connectivity index (χ0) is 14.7. The summed E-state index contributed by atoms with van der Waals surface area (Å²) >= 11 is 9.24. The van der Waals surface area contributed by atoms with Crippen molar-refractivity contribution >= 4 is 27.5 Å². The molecule has 0 spiro atoms. The Hall–Kier alpha value is -0.970. The molecule has 1 unspecified atom stereocenters. The smallest absolute Gasteiger partial charge is 0.145 e. The summed E-state index contributed by atoms with van der Waals surface area (Å²) in [7, 11) is 0. The third-order valence-corrected chi connectivity index (χ3v) is 3.95. The Labute approximate surface area is 130 Å². The van der Waals surface area contributed by atoms with Gasteiger partial charge in [-0.05, 0) is 46.2 Å². The maximum absolute atomic E-state index is 14.3. The van der Waals surface area contributed by atoms with E-state index in [-0.39, 0.29) is 10.0 Å². The van der Waals surface area contributed by atoms with E-state index in [2.05, 4.69) is 21.2 Å². The summed E-state index contributed by atoms with van der Waals surface area (Å²) in [5.74, 6) is -1.22. The number of halogens is 4. The van der Waals surface area contributed by atoms with Gasteiger partial charge in [-0.3, -0.25) is 0 Å². The molecule has 0 fully saturated rings. The largest absolute Gasteiger partial charge is 0.306 e. The highest BCUT2D eigenvalue weighted by molar-refractivity contribution is 9.10. The average molecular weight is 361 g/mol. The van der Waals surface area contributed by atoms with Crippen molar-refractivity contribution < 1.29 is 8.78 Å². The van der Waals surface area contributed by atoms with Gasteiger partial charge in [0, 0.05) is 10.6 Å². The molecule has 2 rings (SSSR count). The average Bonchev–Trinajstić information content (AvgIpc) is 2.43. The Morgan fingerprint density at radius 1 is 1.20 bits per heavy atom. The molecule has 0 aliphatic rings. The molecule has 0 amide bonds. The van der Waals surface area contributed by atoms with Gasteiger partial charge in [0.25, 0.3) is 0 Å². The predicted molar refractivity (Wildman–Crippen MR) is 81.0 cm³/mol. The molecule has 0 bridgehead atoms. The molecule has 1 nitrogen and oxygen atoms in total. The minimum Gasteiger partial charge on any atom is -0.306 e. The van der Waals surface area contributed by atoms with Crippen LogP contribution in [0, 0.1) is 11.6 Å². The Morgan fingerprint density at radius 3 is 2.55 bits per heavy atom. The van der Waals surface area contributed by atoms with Crippen LogP contribution < -0.4 is 5.32 Å². The molecule has 2 aromatic carbocycles. The van der Waals surface area contributed by atoms with E-state index in [1.165, 1.54) is 12.1 Å². The molecule has 2 aromatic rings. The van der Waals surface area contributed by atoms with Gasteiger partial charge < -0.3 is 5.32 Å². The fraction of sp³-hybridized carbons (Fsp3) is 0.200. The first-order valence-corrected chi connectivity index (χ1v) is 7.34. The molecule has 0 aromatic heterocycles. The molecular weight excluding hydrogens is 348 g/mol. The highest BCUT2D eigenvalue weighted by atomic mass is 79.9. The van der Waals surface area contributed by atoms with Crippen molar-refractivity contribution in [3.8, 4) is 0 Å². The van der Waals surface area contributed by atoms with Gasteiger partial charge in [0.1, 0.15) is 11.6 Å². The SMILES string of the molecule is CCNC(c1ccccc1Cl)c1c(F)ccc(Br)c1F. The Kier molecular flexibility index (Phi) is 5.13. The predicted octanol–water partition coefficient (Wildman–Crippen LogP) is 5.08. The lowest BCUT2D eigenvalue weighted by Gasteiger charge is -2.21. The lowest BCUT2D eigenvalue weighted by atomic mass is 9.97. The molecule has 0 aliphatic heterocycles. The van der Waals surface area contributed by atoms with Crippen LogP contribution >= 0.6 is 27.5 Å². The first kappa shape index (κ1) is 15.4. The monoisotopic (exact) mass is 359 g/mol. The third-order valence-electron chi connectivity index (χ3n) is 2.99. The topological polar surface area (TPSA) is 12.0 Å². The lowest BCUT2D eigenvalue weighted by Crippen LogP contribution is -2.24. The van der Waals surface area contributed by atoms with Crippen molar-refractivity contribution in [2.45, 2.75) is 13.0 Å². The number of nitrogens with one attached hydrogen (secondary N) is 1. The van der Waals surface area contributed by atoms with Crippen LogP contribution in [0.15, 0.2) is 40.9 Å². The van der Waals surface area contributed by atoms with Crippen LogP contribution in [0.4, 0.5) is 8.78 Å². The van der Waals surface area contributed by atoms with Crippen molar-refractivity contribution in [2.75, 3.05) is 6.54 Å². The van der Waals surface area contributed by atoms with E-state index in [0.29, 0.717) is 17.1 Å². The van der Waals surface area contributed by atoms with E-state index in [1.54, 1.807) is 24.3 Å². The second-order valence-electron chi connectivity index (χ2n) is 4.27. The molecule has 1 N–H and O–H groups in total. The van der Waals surface area contributed by atoms with E-state index in [4.69, 9.17) is 11.6 Å². The van der Waals surface area contributed by atoms with Crippen LogP contribution in [0.5, 0.6) is 0 Å². The van der Waals surface area contributed by atoms with E-state index < -0.39 is 17.7 Å². The second kappa shape index (κ2) is 6.66. The molecule has 0 heterocycles. The maximum Gasteiger partial charge on any atom is 0.145 e. The lowest BCUT2D eigenvalue weighted by molar-refractivity contribution is 0.507. The van der Waals surface area contributed by atoms with Crippen molar-refractivity contribution in [3.05, 3.63) is 68.7 Å². The highest BCUT2D eigenvalue weighted by Gasteiger charge is 2.24. The van der Waals surface area contributed by atoms with Gasteiger partial charge in [-0.2, -0.15) is 0 Å². The van der Waals surface area contributed by atoms with Crippen LogP contribution in [0.3, 0.4) is 0 Å². The fourth-order valence-electron chi connectivity index (χ4n) is 2.09. The number of benzene rings is 2. The van der Waals surface area contributed by atoms with Crippen LogP contribution in [0.2, 0.25) is 5.02 Å². The Balaban J connectivity index is 2.61. The number of hydrogen-bond donors (Lipinski definition) is 1. The first-order valence-electron chi connectivity index (χ1n) is 6.17. The molecule has 106 valence electrons. The normalized spacial score (nSPS) is 12.4. The molecule has 5 heteroatoms. The van der Waals surface area contributed by atoms with Gasteiger partial charge in [-0.15, -0.1) is 0 Å². The Morgan fingerprint density at radius 2 is 1.90 bits per heavy atom. The van der Waals surface area contributed by atoms with E-state index in [1.807, 2.05) is 6.92 Å². The summed E-state index contributed by atoms with van der Waals surface area (Å²) in [6.45, 7) is 2.43. The summed E-state index contributed by atoms with van der Waals surface area (Å²) in [4.78, 5) is 0. The summed E-state index contributed by atoms with van der Waals surface area (Å²) in [5.41, 5.74) is 0.612. The minimum absolute atomic E-state index is 0.0330. The first-order chi connectivity index (χ1) is 9.56. The number of rotatable bonds is 4. The molecule has 0 saturated carbocycles. The third kappa shape index (κ3) is 3.03. The Bertz CT molecular complexity index is 619. The van der Waals surface area contributed by atoms with Crippen molar-refractivity contribution in [2.24, 2.45) is 0 Å².